The van der Waals surface area contributed by atoms with Crippen LogP contribution in [0.1, 0.15) is 83.0 Å². The highest BCUT2D eigenvalue weighted by Gasteiger charge is 2.44. The molecule has 0 saturated carbocycles. The molecule has 2 aromatic carbocycles. The van der Waals surface area contributed by atoms with Gasteiger partial charge in [-0.25, -0.2) is 14.8 Å². The lowest BCUT2D eigenvalue weighted by Gasteiger charge is -2.42. The van der Waals surface area contributed by atoms with Crippen molar-refractivity contribution in [3.8, 4) is 28.1 Å². The van der Waals surface area contributed by atoms with Gasteiger partial charge in [0.1, 0.15) is 23.4 Å². The van der Waals surface area contributed by atoms with Crippen LogP contribution in [0, 0.1) is 23.2 Å². The van der Waals surface area contributed by atoms with E-state index in [1.165, 1.54) is 19.4 Å². The molecule has 0 spiro atoms. The van der Waals surface area contributed by atoms with Crippen LogP contribution in [0.2, 0.25) is 5.02 Å². The number of alkyl carbamates (subject to hydrolysis) is 1. The predicted octanol–water partition coefficient (Wildman–Crippen LogP) is 8.72. The van der Waals surface area contributed by atoms with Gasteiger partial charge in [-0.1, -0.05) is 70.5 Å². The fourth-order valence-corrected chi connectivity index (χ4v) is 9.27. The van der Waals surface area contributed by atoms with Gasteiger partial charge in [0.15, 0.2) is 0 Å². The number of hydrogen-bond acceptors (Lipinski definition) is 10. The Morgan fingerprint density at radius 3 is 2.24 bits per heavy atom. The Hall–Kier alpha value is -5.88. The van der Waals surface area contributed by atoms with Crippen molar-refractivity contribution in [1.29, 1.82) is 0 Å². The van der Waals surface area contributed by atoms with Gasteiger partial charge < -0.3 is 44.5 Å². The van der Waals surface area contributed by atoms with Gasteiger partial charge in [-0.05, 0) is 73.3 Å². The second-order valence-corrected chi connectivity index (χ2v) is 19.3. The second kappa shape index (κ2) is 20.1. The summed E-state index contributed by atoms with van der Waals surface area (Å²) >= 11 is 6.63. The number of halogens is 4. The Bertz CT molecular complexity index is 2420. The molecule has 360 valence electrons. The zero-order valence-corrected chi connectivity index (χ0v) is 39.5. The molecule has 67 heavy (non-hydrogen) atoms. The molecule has 15 nitrogen and oxygen atoms in total. The smallest absolute Gasteiger partial charge is 0.453 e. The third kappa shape index (κ3) is 11.5. The van der Waals surface area contributed by atoms with Crippen LogP contribution in [0.25, 0.3) is 22.4 Å². The molecule has 4 amide bonds. The third-order valence-corrected chi connectivity index (χ3v) is 13.2. The van der Waals surface area contributed by atoms with Gasteiger partial charge >= 0.3 is 12.5 Å². The third-order valence-electron chi connectivity index (χ3n) is 12.8. The average molecular weight is 951 g/mol. The van der Waals surface area contributed by atoms with E-state index < -0.39 is 41.6 Å². The highest BCUT2D eigenvalue weighted by molar-refractivity contribution is 6.34. The number of carbonyl (C=O) groups is 4. The van der Waals surface area contributed by atoms with Crippen LogP contribution in [0.3, 0.4) is 0 Å². The molecule has 3 N–H and O–H groups in total. The number of aromatic nitrogens is 3. The molecular weight excluding hydrogens is 893 g/mol. The minimum atomic E-state index is -5.07. The van der Waals surface area contributed by atoms with Gasteiger partial charge in [-0.2, -0.15) is 0 Å². The summed E-state index contributed by atoms with van der Waals surface area (Å²) in [4.78, 5) is 71.3. The molecule has 3 aliphatic rings. The van der Waals surface area contributed by atoms with E-state index in [9.17, 15) is 32.3 Å². The molecule has 3 aliphatic heterocycles. The minimum absolute atomic E-state index is 0.0288. The summed E-state index contributed by atoms with van der Waals surface area (Å²) in [5, 5.41) is 5.36. The first-order valence-electron chi connectivity index (χ1n) is 22.5. The number of carbonyl (C=O) groups excluding carboxylic acids is 4. The summed E-state index contributed by atoms with van der Waals surface area (Å²) in [5.74, 6) is 0.126. The Morgan fingerprint density at radius 1 is 0.925 bits per heavy atom. The molecule has 0 aliphatic carbocycles. The van der Waals surface area contributed by atoms with Crippen LogP contribution in [0.15, 0.2) is 60.9 Å². The molecule has 5 heterocycles. The molecule has 0 bridgehead atoms. The highest BCUT2D eigenvalue weighted by Crippen LogP contribution is 2.42. The highest BCUT2D eigenvalue weighted by atomic mass is 35.5. The summed E-state index contributed by atoms with van der Waals surface area (Å²) < 4.78 is 56.5. The van der Waals surface area contributed by atoms with Crippen molar-refractivity contribution >= 4 is 46.9 Å². The summed E-state index contributed by atoms with van der Waals surface area (Å²) in [7, 11) is 1.26. The number of H-pyrrole nitrogens is 1. The molecule has 3 fully saturated rings. The number of alkyl halides is 3. The lowest BCUT2D eigenvalue weighted by molar-refractivity contribution is -0.274. The maximum absolute atomic E-state index is 14.3. The number of pyridine rings is 1. The van der Waals surface area contributed by atoms with Gasteiger partial charge in [0.05, 0.1) is 41.3 Å². The number of amides is 4. The molecular formula is C48H58ClF3N8O7. The quantitative estimate of drug-likeness (QED) is 0.132. The number of aromatic amines is 1. The standard InChI is InChI=1S/C48H58ClF3N8O7/c1-27(2)33-20-38(60(26-33)44(62)41(57-46(64)65-7)31-14-18-66-19-15-31)42-54-24-37(55-42)30-10-8-29(9-11-30)34-21-35(49)36(22-39(34)67-48(50,51)52)56-43(61)32-12-13-40(53-23-32)59-17-16-58(25-28(59)3)45(63)47(4,5)6/h8-13,21-24,27-28,31,33,38,41H,14-20,25-26H2,1-7H3,(H,54,55)(H,56,61)(H,57,64)/t28-,33-,38+,41+/m1/s1. The van der Waals surface area contributed by atoms with Crippen molar-refractivity contribution in [3.63, 3.8) is 0 Å². The number of ether oxygens (including phenoxy) is 3. The molecule has 0 unspecified atom stereocenters. The molecule has 19 heteroatoms. The Labute approximate surface area is 393 Å². The normalized spacial score (nSPS) is 19.9. The van der Waals surface area contributed by atoms with Crippen molar-refractivity contribution in [2.45, 2.75) is 85.3 Å². The number of piperazine rings is 1. The molecule has 3 saturated heterocycles. The number of nitrogens with one attached hydrogen (secondary N) is 3. The van der Waals surface area contributed by atoms with Gasteiger partial charge in [0.2, 0.25) is 11.8 Å². The van der Waals surface area contributed by atoms with E-state index in [4.69, 9.17) is 26.1 Å². The van der Waals surface area contributed by atoms with Crippen LogP contribution in [-0.4, -0.2) is 114 Å². The van der Waals surface area contributed by atoms with Gasteiger partial charge in [0, 0.05) is 68.7 Å². The lowest BCUT2D eigenvalue weighted by Crippen LogP contribution is -2.56. The topological polar surface area (TPSA) is 171 Å². The number of methoxy groups -OCH3 is 1. The maximum Gasteiger partial charge on any atom is 0.573 e. The number of benzene rings is 2. The number of nitrogens with zero attached hydrogens (tertiary/aromatic N) is 5. The first-order chi connectivity index (χ1) is 31.7. The molecule has 4 atom stereocenters. The predicted molar refractivity (Wildman–Crippen MR) is 246 cm³/mol. The zero-order chi connectivity index (χ0) is 48.4. The van der Waals surface area contributed by atoms with E-state index >= 15 is 0 Å². The first-order valence-corrected chi connectivity index (χ1v) is 22.9. The van der Waals surface area contributed by atoms with E-state index in [0.29, 0.717) is 87.1 Å². The summed E-state index contributed by atoms with van der Waals surface area (Å²) in [6.07, 6.45) is -0.854. The van der Waals surface area contributed by atoms with E-state index in [1.807, 2.05) is 32.6 Å². The number of rotatable bonds is 11. The minimum Gasteiger partial charge on any atom is -0.453 e. The molecule has 0 radical (unpaired) electrons. The lowest BCUT2D eigenvalue weighted by atomic mass is 9.90. The van der Waals surface area contributed by atoms with Crippen LogP contribution >= 0.6 is 11.6 Å². The van der Waals surface area contributed by atoms with E-state index in [-0.39, 0.29) is 57.4 Å². The summed E-state index contributed by atoms with van der Waals surface area (Å²) in [5.41, 5.74) is 1.22. The summed E-state index contributed by atoms with van der Waals surface area (Å²) in [6.45, 7) is 14.9. The maximum atomic E-state index is 14.3. The Balaban J connectivity index is 1.07. The van der Waals surface area contributed by atoms with Gasteiger partial charge in [-0.15, -0.1) is 13.2 Å². The van der Waals surface area contributed by atoms with Crippen LogP contribution < -0.4 is 20.3 Å². The zero-order valence-electron chi connectivity index (χ0n) is 38.7. The molecule has 2 aromatic heterocycles. The number of hydrogen-bond donors (Lipinski definition) is 3. The van der Waals surface area contributed by atoms with Crippen molar-refractivity contribution < 1.29 is 46.6 Å². The second-order valence-electron chi connectivity index (χ2n) is 18.8. The van der Waals surface area contributed by atoms with Crippen LogP contribution in [-0.2, 0) is 19.1 Å². The summed E-state index contributed by atoms with van der Waals surface area (Å²) in [6, 6.07) is 11.0. The largest absolute Gasteiger partial charge is 0.573 e. The van der Waals surface area contributed by atoms with Crippen molar-refractivity contribution in [1.82, 2.24) is 30.1 Å². The van der Waals surface area contributed by atoms with E-state index in [2.05, 4.69) is 44.1 Å². The van der Waals surface area contributed by atoms with Gasteiger partial charge in [-0.3, -0.25) is 14.4 Å². The number of likely N-dealkylation sites (tertiary alicyclic amines) is 1. The van der Waals surface area contributed by atoms with E-state index in [0.717, 1.165) is 6.07 Å². The monoisotopic (exact) mass is 950 g/mol. The average Bonchev–Trinajstić information content (AvgIpc) is 3.97. The van der Waals surface area contributed by atoms with E-state index in [1.54, 1.807) is 47.5 Å². The molecule has 4 aromatic rings. The van der Waals surface area contributed by atoms with Crippen molar-refractivity contribution in [2.75, 3.05) is 56.7 Å². The van der Waals surface area contributed by atoms with Crippen molar-refractivity contribution in [2.24, 2.45) is 23.2 Å². The Morgan fingerprint density at radius 2 is 1.63 bits per heavy atom. The number of anilines is 2. The van der Waals surface area contributed by atoms with Gasteiger partial charge in [0.25, 0.3) is 5.91 Å². The fraction of sp³-hybridized carbons (Fsp3) is 0.500. The number of imidazole rings is 1. The van der Waals surface area contributed by atoms with Crippen molar-refractivity contribution in [3.05, 3.63) is 77.3 Å². The SMILES string of the molecule is COC(=O)N[C@H](C(=O)N1C[C@H](C(C)C)C[C@H]1c1ncc(-c2ccc(-c3cc(Cl)c(NC(=O)c4ccc(N5CCN(C(=O)C(C)(C)C)C[C@H]5C)nc4)cc3OC(F)(F)F)cc2)[nH]1)C1CCOCC1. The Kier molecular flexibility index (Phi) is 14.7. The molecule has 7 rings (SSSR count). The van der Waals surface area contributed by atoms with Crippen LogP contribution in [0.4, 0.5) is 29.5 Å². The first kappa shape index (κ1) is 49.0. The fourth-order valence-electron chi connectivity index (χ4n) is 9.06. The van der Waals surface area contributed by atoms with Crippen LogP contribution in [0.5, 0.6) is 5.75 Å².